The van der Waals surface area contributed by atoms with Crippen LogP contribution in [-0.4, -0.2) is 6.04 Å². The summed E-state index contributed by atoms with van der Waals surface area (Å²) in [5, 5.41) is 3.38. The lowest BCUT2D eigenvalue weighted by Gasteiger charge is -2.10. The first kappa shape index (κ1) is 10.1. The van der Waals surface area contributed by atoms with Crippen LogP contribution in [0.3, 0.4) is 0 Å². The van der Waals surface area contributed by atoms with E-state index >= 15 is 0 Å². The summed E-state index contributed by atoms with van der Waals surface area (Å²) < 4.78 is 0. The quantitative estimate of drug-likeness (QED) is 0.695. The number of anilines is 1. The predicted octanol–water partition coefficient (Wildman–Crippen LogP) is 2.08. The number of benzene rings is 1. The summed E-state index contributed by atoms with van der Waals surface area (Å²) in [6.07, 6.45) is 0. The second kappa shape index (κ2) is 4.28. The third-order valence-corrected chi connectivity index (χ3v) is 2.07. The van der Waals surface area contributed by atoms with E-state index in [9.17, 15) is 0 Å². The second-order valence-corrected chi connectivity index (χ2v) is 3.72. The molecule has 0 bridgehead atoms. The van der Waals surface area contributed by atoms with Gasteiger partial charge in [0.05, 0.1) is 0 Å². The van der Waals surface area contributed by atoms with Gasteiger partial charge < -0.3 is 11.1 Å². The Kier molecular flexibility index (Phi) is 3.32. The third-order valence-electron chi connectivity index (χ3n) is 2.07. The van der Waals surface area contributed by atoms with E-state index in [2.05, 4.69) is 32.2 Å². The summed E-state index contributed by atoms with van der Waals surface area (Å²) in [4.78, 5) is 0. The molecule has 2 heteroatoms. The lowest BCUT2D eigenvalue weighted by atomic mass is 10.1. The van der Waals surface area contributed by atoms with Crippen molar-refractivity contribution in [1.29, 1.82) is 0 Å². The zero-order valence-electron chi connectivity index (χ0n) is 8.59. The molecule has 0 aliphatic rings. The van der Waals surface area contributed by atoms with Gasteiger partial charge in [-0.3, -0.25) is 0 Å². The van der Waals surface area contributed by atoms with Gasteiger partial charge in [0.15, 0.2) is 0 Å². The van der Waals surface area contributed by atoms with Crippen molar-refractivity contribution in [2.24, 2.45) is 0 Å². The van der Waals surface area contributed by atoms with Gasteiger partial charge in [-0.1, -0.05) is 19.9 Å². The smallest absolute Gasteiger partial charge is 0.0316 e. The molecule has 0 unspecified atom stereocenters. The van der Waals surface area contributed by atoms with Crippen LogP contribution in [0.15, 0.2) is 18.2 Å². The predicted molar refractivity (Wildman–Crippen MR) is 57.6 cm³/mol. The minimum Gasteiger partial charge on any atom is -0.399 e. The van der Waals surface area contributed by atoms with Crippen LogP contribution in [0, 0.1) is 6.92 Å². The molecule has 0 spiro atoms. The average molecular weight is 178 g/mol. The fourth-order valence-corrected chi connectivity index (χ4v) is 1.23. The molecule has 0 amide bonds. The van der Waals surface area contributed by atoms with E-state index in [1.54, 1.807) is 0 Å². The molecule has 72 valence electrons. The van der Waals surface area contributed by atoms with Crippen molar-refractivity contribution >= 4 is 5.69 Å². The highest BCUT2D eigenvalue weighted by Crippen LogP contribution is 2.12. The minimum absolute atomic E-state index is 0.525. The van der Waals surface area contributed by atoms with Crippen LogP contribution in [0.25, 0.3) is 0 Å². The SMILES string of the molecule is Cc1cc(N)ccc1CNC(C)C. The first-order chi connectivity index (χ1) is 6.09. The number of aryl methyl sites for hydroxylation is 1. The molecule has 1 aromatic rings. The fraction of sp³-hybridized carbons (Fsp3) is 0.455. The highest BCUT2D eigenvalue weighted by atomic mass is 14.9. The number of nitrogen functional groups attached to an aromatic ring is 1. The van der Waals surface area contributed by atoms with Crippen LogP contribution in [-0.2, 0) is 6.54 Å². The van der Waals surface area contributed by atoms with Gasteiger partial charge in [-0.05, 0) is 30.2 Å². The molecule has 0 fully saturated rings. The van der Waals surface area contributed by atoms with Gasteiger partial charge in [0, 0.05) is 18.3 Å². The zero-order valence-corrected chi connectivity index (χ0v) is 8.59. The molecular formula is C11H18N2. The van der Waals surface area contributed by atoms with Crippen LogP contribution in [0.5, 0.6) is 0 Å². The zero-order chi connectivity index (χ0) is 9.84. The summed E-state index contributed by atoms with van der Waals surface area (Å²) in [6.45, 7) is 7.30. The van der Waals surface area contributed by atoms with Crippen LogP contribution in [0.4, 0.5) is 5.69 Å². The van der Waals surface area contributed by atoms with Crippen molar-refractivity contribution in [2.45, 2.75) is 33.4 Å². The van der Waals surface area contributed by atoms with E-state index in [4.69, 9.17) is 5.73 Å². The van der Waals surface area contributed by atoms with E-state index in [0.717, 1.165) is 12.2 Å². The van der Waals surface area contributed by atoms with Crippen LogP contribution >= 0.6 is 0 Å². The van der Waals surface area contributed by atoms with Crippen molar-refractivity contribution in [3.8, 4) is 0 Å². The van der Waals surface area contributed by atoms with Crippen LogP contribution in [0.1, 0.15) is 25.0 Å². The van der Waals surface area contributed by atoms with E-state index < -0.39 is 0 Å². The molecule has 1 rings (SSSR count). The average Bonchev–Trinajstić information content (AvgIpc) is 2.02. The van der Waals surface area contributed by atoms with Gasteiger partial charge in [0.1, 0.15) is 0 Å². The van der Waals surface area contributed by atoms with Gasteiger partial charge in [0.25, 0.3) is 0 Å². The standard InChI is InChI=1S/C11H18N2/c1-8(2)13-7-10-4-5-11(12)6-9(10)3/h4-6,8,13H,7,12H2,1-3H3. The summed E-state index contributed by atoms with van der Waals surface area (Å²) in [5.74, 6) is 0. The molecule has 0 atom stereocenters. The van der Waals surface area contributed by atoms with Crippen LogP contribution in [0.2, 0.25) is 0 Å². The largest absolute Gasteiger partial charge is 0.399 e. The molecule has 0 heterocycles. The highest BCUT2D eigenvalue weighted by molar-refractivity contribution is 5.44. The Bertz CT molecular complexity index is 279. The molecule has 2 nitrogen and oxygen atoms in total. The van der Waals surface area contributed by atoms with Gasteiger partial charge >= 0.3 is 0 Å². The van der Waals surface area contributed by atoms with E-state index in [1.807, 2.05) is 12.1 Å². The molecule has 0 radical (unpaired) electrons. The van der Waals surface area contributed by atoms with Crippen molar-refractivity contribution in [2.75, 3.05) is 5.73 Å². The Morgan fingerprint density at radius 3 is 2.62 bits per heavy atom. The summed E-state index contributed by atoms with van der Waals surface area (Å²) in [5.41, 5.74) is 9.08. The number of hydrogen-bond acceptors (Lipinski definition) is 2. The van der Waals surface area contributed by atoms with Crippen LogP contribution < -0.4 is 11.1 Å². The van der Waals surface area contributed by atoms with Gasteiger partial charge in [0.2, 0.25) is 0 Å². The monoisotopic (exact) mass is 178 g/mol. The van der Waals surface area contributed by atoms with E-state index in [0.29, 0.717) is 6.04 Å². The lowest BCUT2D eigenvalue weighted by molar-refractivity contribution is 0.587. The second-order valence-electron chi connectivity index (χ2n) is 3.72. The normalized spacial score (nSPS) is 10.8. The molecule has 0 aliphatic carbocycles. The fourth-order valence-electron chi connectivity index (χ4n) is 1.23. The molecule has 0 saturated heterocycles. The first-order valence-electron chi connectivity index (χ1n) is 4.68. The Balaban J connectivity index is 2.67. The van der Waals surface area contributed by atoms with Crippen molar-refractivity contribution in [3.63, 3.8) is 0 Å². The Morgan fingerprint density at radius 1 is 1.38 bits per heavy atom. The first-order valence-corrected chi connectivity index (χ1v) is 4.68. The number of nitrogens with one attached hydrogen (secondary N) is 1. The maximum Gasteiger partial charge on any atom is 0.0316 e. The Morgan fingerprint density at radius 2 is 2.08 bits per heavy atom. The number of hydrogen-bond donors (Lipinski definition) is 2. The van der Waals surface area contributed by atoms with Gasteiger partial charge in [-0.2, -0.15) is 0 Å². The molecule has 13 heavy (non-hydrogen) atoms. The summed E-state index contributed by atoms with van der Waals surface area (Å²) in [7, 11) is 0. The number of nitrogens with two attached hydrogens (primary N) is 1. The van der Waals surface area contributed by atoms with Crippen molar-refractivity contribution < 1.29 is 0 Å². The molecule has 0 saturated carbocycles. The molecule has 0 aromatic heterocycles. The Hall–Kier alpha value is -1.02. The molecule has 0 aliphatic heterocycles. The maximum atomic E-state index is 5.66. The molecule has 3 N–H and O–H groups in total. The highest BCUT2D eigenvalue weighted by Gasteiger charge is 1.99. The third kappa shape index (κ3) is 3.07. The molecular weight excluding hydrogens is 160 g/mol. The van der Waals surface area contributed by atoms with E-state index in [1.165, 1.54) is 11.1 Å². The van der Waals surface area contributed by atoms with Gasteiger partial charge in [-0.25, -0.2) is 0 Å². The maximum absolute atomic E-state index is 5.66. The molecule has 1 aromatic carbocycles. The van der Waals surface area contributed by atoms with Crippen molar-refractivity contribution in [1.82, 2.24) is 5.32 Å². The van der Waals surface area contributed by atoms with Gasteiger partial charge in [-0.15, -0.1) is 0 Å². The topological polar surface area (TPSA) is 38.0 Å². The lowest BCUT2D eigenvalue weighted by Crippen LogP contribution is -2.22. The Labute approximate surface area is 80.1 Å². The summed E-state index contributed by atoms with van der Waals surface area (Å²) >= 11 is 0. The number of rotatable bonds is 3. The van der Waals surface area contributed by atoms with E-state index in [-0.39, 0.29) is 0 Å². The minimum atomic E-state index is 0.525. The summed E-state index contributed by atoms with van der Waals surface area (Å²) in [6, 6.07) is 6.57. The van der Waals surface area contributed by atoms with Crippen molar-refractivity contribution in [3.05, 3.63) is 29.3 Å².